The van der Waals surface area contributed by atoms with Crippen molar-refractivity contribution >= 4 is 27.8 Å². The number of rotatable bonds is 9. The second-order valence-electron chi connectivity index (χ2n) is 11.1. The van der Waals surface area contributed by atoms with Gasteiger partial charge in [-0.25, -0.2) is 13.2 Å². The number of hydrogen-bond donors (Lipinski definition) is 0. The number of unbranched alkanes of at least 4 members (excludes halogenated alkanes) is 1. The Morgan fingerprint density at radius 1 is 0.818 bits per heavy atom. The average Bonchev–Trinajstić information content (AvgIpc) is 3.01. The van der Waals surface area contributed by atoms with Crippen molar-refractivity contribution in [2.45, 2.75) is 52.4 Å². The fraction of sp³-hybridized carbons (Fsp3) is 0.216. The standard InChI is InChI=1S/C37H35NO5S/c1-4-5-9-29-12-14-30(15-13-29)16-17-31-18-20-32(21-19-31)27-38(44(40,41)25-24-28-10-7-6-8-11-28)33-22-23-35-34(26-33)36(39)43-37(2,3)42-35/h6-8,10-15,18-26H,4-5,9,27H2,1-3H3/b25-24+. The molecule has 4 aromatic rings. The van der Waals surface area contributed by atoms with Crippen molar-refractivity contribution in [2.75, 3.05) is 4.31 Å². The highest BCUT2D eigenvalue weighted by Gasteiger charge is 2.35. The lowest BCUT2D eigenvalue weighted by molar-refractivity contribution is -0.127. The highest BCUT2D eigenvalue weighted by Crippen LogP contribution is 2.35. The Hall–Kier alpha value is -4.80. The number of sulfonamides is 1. The van der Waals surface area contributed by atoms with Crippen LogP contribution in [-0.4, -0.2) is 20.2 Å². The van der Waals surface area contributed by atoms with Crippen molar-refractivity contribution in [2.24, 2.45) is 0 Å². The van der Waals surface area contributed by atoms with Gasteiger partial charge in [-0.2, -0.15) is 0 Å². The summed E-state index contributed by atoms with van der Waals surface area (Å²) in [5.74, 6) is 5.05. The summed E-state index contributed by atoms with van der Waals surface area (Å²) in [5, 5.41) is 1.17. The van der Waals surface area contributed by atoms with Crippen LogP contribution in [0.3, 0.4) is 0 Å². The Morgan fingerprint density at radius 3 is 2.09 bits per heavy atom. The molecule has 0 atom stereocenters. The van der Waals surface area contributed by atoms with Crippen molar-refractivity contribution < 1.29 is 22.7 Å². The first-order valence-electron chi connectivity index (χ1n) is 14.6. The van der Waals surface area contributed by atoms with E-state index in [1.165, 1.54) is 34.2 Å². The van der Waals surface area contributed by atoms with E-state index >= 15 is 0 Å². The number of carbonyl (C=O) groups is 1. The Balaban J connectivity index is 1.41. The summed E-state index contributed by atoms with van der Waals surface area (Å²) in [6.07, 6.45) is 4.96. The van der Waals surface area contributed by atoms with Gasteiger partial charge in [0.2, 0.25) is 5.79 Å². The topological polar surface area (TPSA) is 72.9 Å². The van der Waals surface area contributed by atoms with Crippen molar-refractivity contribution in [3.63, 3.8) is 0 Å². The molecule has 0 aromatic heterocycles. The number of nitrogens with zero attached hydrogens (tertiary/aromatic N) is 1. The van der Waals surface area contributed by atoms with Gasteiger partial charge in [-0.3, -0.25) is 4.31 Å². The predicted molar refractivity (Wildman–Crippen MR) is 175 cm³/mol. The van der Waals surface area contributed by atoms with E-state index in [0.717, 1.165) is 28.7 Å². The SMILES string of the molecule is CCCCc1ccc(C#Cc2ccc(CN(c3ccc4c(c3)C(=O)OC(C)(C)O4)S(=O)(=O)/C=C/c3ccccc3)cc2)cc1. The van der Waals surface area contributed by atoms with Gasteiger partial charge in [-0.1, -0.05) is 79.8 Å². The Labute approximate surface area is 260 Å². The van der Waals surface area contributed by atoms with Gasteiger partial charge in [0.05, 0.1) is 17.6 Å². The molecule has 0 bridgehead atoms. The van der Waals surface area contributed by atoms with Crippen LogP contribution in [0.5, 0.6) is 5.75 Å². The first kappa shape index (κ1) is 30.7. The molecule has 0 amide bonds. The molecular formula is C37H35NO5S. The van der Waals surface area contributed by atoms with E-state index in [0.29, 0.717) is 11.4 Å². The molecule has 0 fully saturated rings. The van der Waals surface area contributed by atoms with Gasteiger partial charge in [-0.05, 0) is 78.1 Å². The monoisotopic (exact) mass is 605 g/mol. The summed E-state index contributed by atoms with van der Waals surface area (Å²) >= 11 is 0. The van der Waals surface area contributed by atoms with E-state index in [4.69, 9.17) is 9.47 Å². The molecule has 4 aromatic carbocycles. The van der Waals surface area contributed by atoms with E-state index in [2.05, 4.69) is 30.9 Å². The van der Waals surface area contributed by atoms with Gasteiger partial charge in [0, 0.05) is 25.0 Å². The first-order chi connectivity index (χ1) is 21.1. The van der Waals surface area contributed by atoms with E-state index in [-0.39, 0.29) is 12.1 Å². The molecule has 0 N–H and O–H groups in total. The van der Waals surface area contributed by atoms with Gasteiger partial charge in [0.25, 0.3) is 10.0 Å². The van der Waals surface area contributed by atoms with Crippen LogP contribution in [0.2, 0.25) is 0 Å². The summed E-state index contributed by atoms with van der Waals surface area (Å²) in [7, 11) is -3.97. The predicted octanol–water partition coefficient (Wildman–Crippen LogP) is 7.72. The zero-order valence-electron chi connectivity index (χ0n) is 25.1. The molecule has 1 aliphatic heterocycles. The second kappa shape index (κ2) is 13.2. The summed E-state index contributed by atoms with van der Waals surface area (Å²) < 4.78 is 39.9. The molecule has 6 nitrogen and oxygen atoms in total. The molecule has 0 radical (unpaired) electrons. The lowest BCUT2D eigenvalue weighted by Crippen LogP contribution is -2.39. The molecule has 0 saturated heterocycles. The van der Waals surface area contributed by atoms with E-state index in [9.17, 15) is 13.2 Å². The van der Waals surface area contributed by atoms with Crippen LogP contribution in [-0.2, 0) is 27.7 Å². The zero-order chi connectivity index (χ0) is 31.2. The number of aryl methyl sites for hydroxylation is 1. The molecule has 1 heterocycles. The number of hydrogen-bond acceptors (Lipinski definition) is 5. The third kappa shape index (κ3) is 7.77. The number of esters is 1. The maximum atomic E-state index is 13.7. The number of ether oxygens (including phenoxy) is 2. The van der Waals surface area contributed by atoms with Gasteiger partial charge in [0.1, 0.15) is 11.3 Å². The van der Waals surface area contributed by atoms with Crippen LogP contribution in [0.15, 0.2) is 102 Å². The van der Waals surface area contributed by atoms with Crippen molar-refractivity contribution in [1.82, 2.24) is 0 Å². The third-order valence-corrected chi connectivity index (χ3v) is 8.54. The summed E-state index contributed by atoms with van der Waals surface area (Å²) in [5.41, 5.74) is 5.05. The van der Waals surface area contributed by atoms with E-state index in [1.807, 2.05) is 66.7 Å². The lowest BCUT2D eigenvalue weighted by Gasteiger charge is -2.32. The Bertz CT molecular complexity index is 1820. The second-order valence-corrected chi connectivity index (χ2v) is 12.8. The zero-order valence-corrected chi connectivity index (χ0v) is 25.9. The Morgan fingerprint density at radius 2 is 1.45 bits per heavy atom. The van der Waals surface area contributed by atoms with Crippen molar-refractivity contribution in [1.29, 1.82) is 0 Å². The number of benzene rings is 4. The summed E-state index contributed by atoms with van der Waals surface area (Å²) in [6, 6.07) is 29.7. The molecule has 0 aliphatic carbocycles. The maximum Gasteiger partial charge on any atom is 0.345 e. The largest absolute Gasteiger partial charge is 0.452 e. The molecule has 0 unspecified atom stereocenters. The van der Waals surface area contributed by atoms with Crippen LogP contribution < -0.4 is 9.04 Å². The van der Waals surface area contributed by atoms with Crippen LogP contribution in [0.25, 0.3) is 6.08 Å². The van der Waals surface area contributed by atoms with Crippen LogP contribution >= 0.6 is 0 Å². The third-order valence-electron chi connectivity index (χ3n) is 7.11. The molecule has 224 valence electrons. The summed E-state index contributed by atoms with van der Waals surface area (Å²) in [4.78, 5) is 12.8. The van der Waals surface area contributed by atoms with E-state index < -0.39 is 21.8 Å². The Kier molecular flexibility index (Phi) is 9.22. The van der Waals surface area contributed by atoms with Crippen molar-refractivity contribution in [3.05, 3.63) is 136 Å². The fourth-order valence-corrected chi connectivity index (χ4v) is 5.97. The van der Waals surface area contributed by atoms with Crippen molar-refractivity contribution in [3.8, 4) is 17.6 Å². The molecule has 7 heteroatoms. The minimum Gasteiger partial charge on any atom is -0.452 e. The molecule has 44 heavy (non-hydrogen) atoms. The number of cyclic esters (lactones) is 1. The van der Waals surface area contributed by atoms with E-state index in [1.54, 1.807) is 32.1 Å². The highest BCUT2D eigenvalue weighted by atomic mass is 32.2. The molecule has 0 saturated carbocycles. The highest BCUT2D eigenvalue weighted by molar-refractivity contribution is 7.95. The molecular weight excluding hydrogens is 570 g/mol. The van der Waals surface area contributed by atoms with Crippen LogP contribution in [0.1, 0.15) is 71.8 Å². The summed E-state index contributed by atoms with van der Waals surface area (Å²) in [6.45, 7) is 5.51. The quantitative estimate of drug-likeness (QED) is 0.144. The minimum atomic E-state index is -3.97. The first-order valence-corrected chi connectivity index (χ1v) is 16.1. The van der Waals surface area contributed by atoms with Gasteiger partial charge in [0.15, 0.2) is 0 Å². The fourth-order valence-electron chi connectivity index (χ4n) is 4.76. The molecule has 1 aliphatic rings. The molecule has 0 spiro atoms. The van der Waals surface area contributed by atoms with Gasteiger partial charge >= 0.3 is 5.97 Å². The van der Waals surface area contributed by atoms with Gasteiger partial charge in [-0.15, -0.1) is 0 Å². The van der Waals surface area contributed by atoms with Gasteiger partial charge < -0.3 is 9.47 Å². The minimum absolute atomic E-state index is 0.0363. The average molecular weight is 606 g/mol. The maximum absolute atomic E-state index is 13.7. The number of carbonyl (C=O) groups excluding carboxylic acids is 1. The normalized spacial score (nSPS) is 13.8. The van der Waals surface area contributed by atoms with Crippen LogP contribution in [0.4, 0.5) is 5.69 Å². The smallest absolute Gasteiger partial charge is 0.345 e. The number of fused-ring (bicyclic) bond motifs is 1. The number of anilines is 1. The molecule has 5 rings (SSSR count). The lowest BCUT2D eigenvalue weighted by atomic mass is 10.1. The van der Waals surface area contributed by atoms with Crippen LogP contribution in [0, 0.1) is 11.8 Å².